The minimum Gasteiger partial charge on any atom is -0.386 e. The van der Waals surface area contributed by atoms with Crippen LogP contribution >= 0.6 is 0 Å². The van der Waals surface area contributed by atoms with Gasteiger partial charge >= 0.3 is 0 Å². The summed E-state index contributed by atoms with van der Waals surface area (Å²) >= 11 is 0. The van der Waals surface area contributed by atoms with Gasteiger partial charge in [0.15, 0.2) is 0 Å². The van der Waals surface area contributed by atoms with Crippen molar-refractivity contribution in [2.24, 2.45) is 5.73 Å². The summed E-state index contributed by atoms with van der Waals surface area (Å²) in [6.45, 7) is 2.83. The number of pyridine rings is 1. The average molecular weight is 206 g/mol. The van der Waals surface area contributed by atoms with Crippen molar-refractivity contribution in [2.45, 2.75) is 25.9 Å². The lowest BCUT2D eigenvalue weighted by Gasteiger charge is -2.25. The molecule has 1 heterocycles. The summed E-state index contributed by atoms with van der Waals surface area (Å²) < 4.78 is 0. The molecule has 0 spiro atoms. The van der Waals surface area contributed by atoms with Gasteiger partial charge in [-0.1, -0.05) is 6.92 Å². The highest BCUT2D eigenvalue weighted by molar-refractivity contribution is 5.82. The van der Waals surface area contributed by atoms with Crippen LogP contribution < -0.4 is 5.73 Å². The molecule has 1 rings (SSSR count). The van der Waals surface area contributed by atoms with Crippen LogP contribution in [0.25, 0.3) is 0 Å². The quantitative estimate of drug-likeness (QED) is 0.562. The molecule has 15 heavy (non-hydrogen) atoms. The van der Waals surface area contributed by atoms with Gasteiger partial charge in [-0.15, -0.1) is 0 Å². The van der Waals surface area contributed by atoms with Crippen LogP contribution in [0.5, 0.6) is 0 Å². The Labute approximate surface area is 90.6 Å². The molecule has 1 aromatic heterocycles. The molecule has 1 aromatic rings. The number of hydrogen-bond acceptors (Lipinski definition) is 3. The first-order valence-corrected chi connectivity index (χ1v) is 5.08. The Morgan fingerprint density at radius 1 is 1.53 bits per heavy atom. The monoisotopic (exact) mass is 206 g/mol. The molecule has 0 aliphatic carbocycles. The number of amidine groups is 1. The van der Waals surface area contributed by atoms with Gasteiger partial charge in [-0.25, -0.2) is 0 Å². The van der Waals surface area contributed by atoms with Gasteiger partial charge in [0.25, 0.3) is 0 Å². The first-order valence-electron chi connectivity index (χ1n) is 5.08. The minimum absolute atomic E-state index is 0.0261. The lowest BCUT2D eigenvalue weighted by molar-refractivity contribution is 0.280. The van der Waals surface area contributed by atoms with Gasteiger partial charge in [0.05, 0.1) is 6.04 Å². The number of nitrogens with one attached hydrogen (secondary N) is 1. The van der Waals surface area contributed by atoms with Crippen LogP contribution in [-0.4, -0.2) is 28.8 Å². The molecular weight excluding hydrogens is 188 g/mol. The van der Waals surface area contributed by atoms with Crippen LogP contribution in [0.1, 0.15) is 18.9 Å². The molecule has 0 aliphatic rings. The summed E-state index contributed by atoms with van der Waals surface area (Å²) in [7, 11) is 1.98. The van der Waals surface area contributed by atoms with Crippen molar-refractivity contribution >= 4 is 5.84 Å². The standard InChI is InChI=1S/C11H18N4/c1-3-10(11(12)13)15(2)8-9-4-6-14-7-5-9/h4-7,10H,3,8H2,1-2H3,(H3,12,13). The molecule has 0 aromatic carbocycles. The van der Waals surface area contributed by atoms with Crippen molar-refractivity contribution in [1.29, 1.82) is 5.41 Å². The molecule has 1 unspecified atom stereocenters. The molecule has 0 saturated heterocycles. The summed E-state index contributed by atoms with van der Waals surface area (Å²) in [5, 5.41) is 7.47. The zero-order valence-corrected chi connectivity index (χ0v) is 9.27. The fourth-order valence-corrected chi connectivity index (χ4v) is 1.66. The summed E-state index contributed by atoms with van der Waals surface area (Å²) in [6.07, 6.45) is 4.41. The molecule has 0 fully saturated rings. The van der Waals surface area contributed by atoms with E-state index in [4.69, 9.17) is 11.1 Å². The minimum atomic E-state index is 0.0261. The highest BCUT2D eigenvalue weighted by atomic mass is 15.1. The van der Waals surface area contributed by atoms with Gasteiger partial charge in [0.1, 0.15) is 5.84 Å². The Kier molecular flexibility index (Phi) is 4.24. The third-order valence-electron chi connectivity index (χ3n) is 2.46. The Bertz CT molecular complexity index is 310. The SMILES string of the molecule is CCC(C(=N)N)N(C)Cc1ccncc1. The maximum Gasteiger partial charge on any atom is 0.108 e. The van der Waals surface area contributed by atoms with Crippen LogP contribution in [0, 0.1) is 5.41 Å². The molecule has 0 radical (unpaired) electrons. The Hall–Kier alpha value is -1.42. The molecule has 0 bridgehead atoms. The highest BCUT2D eigenvalue weighted by Gasteiger charge is 2.15. The molecule has 4 heteroatoms. The Morgan fingerprint density at radius 3 is 2.60 bits per heavy atom. The summed E-state index contributed by atoms with van der Waals surface area (Å²) in [5.41, 5.74) is 6.72. The third kappa shape index (κ3) is 3.32. The van der Waals surface area contributed by atoms with E-state index in [0.717, 1.165) is 13.0 Å². The zero-order chi connectivity index (χ0) is 11.3. The number of aromatic nitrogens is 1. The average Bonchev–Trinajstić information content (AvgIpc) is 2.19. The Morgan fingerprint density at radius 2 is 2.13 bits per heavy atom. The first kappa shape index (κ1) is 11.7. The lowest BCUT2D eigenvalue weighted by Crippen LogP contribution is -2.41. The second kappa shape index (κ2) is 5.46. The highest BCUT2D eigenvalue weighted by Crippen LogP contribution is 2.07. The topological polar surface area (TPSA) is 66.0 Å². The van der Waals surface area contributed by atoms with Gasteiger partial charge in [-0.3, -0.25) is 15.3 Å². The normalized spacial score (nSPS) is 12.7. The number of hydrogen-bond donors (Lipinski definition) is 2. The molecule has 0 aliphatic heterocycles. The molecule has 0 saturated carbocycles. The van der Waals surface area contributed by atoms with E-state index in [9.17, 15) is 0 Å². The molecular formula is C11H18N4. The van der Waals surface area contributed by atoms with E-state index in [-0.39, 0.29) is 11.9 Å². The van der Waals surface area contributed by atoms with Crippen LogP contribution in [0.3, 0.4) is 0 Å². The van der Waals surface area contributed by atoms with E-state index < -0.39 is 0 Å². The fraction of sp³-hybridized carbons (Fsp3) is 0.455. The van der Waals surface area contributed by atoms with E-state index in [1.165, 1.54) is 5.56 Å². The van der Waals surface area contributed by atoms with Crippen molar-refractivity contribution in [3.8, 4) is 0 Å². The molecule has 1 atom stereocenters. The lowest BCUT2D eigenvalue weighted by atomic mass is 10.1. The number of likely N-dealkylation sites (N-methyl/N-ethyl adjacent to an activating group) is 1. The fourth-order valence-electron chi connectivity index (χ4n) is 1.66. The summed E-state index contributed by atoms with van der Waals surface area (Å²) in [4.78, 5) is 6.05. The summed E-state index contributed by atoms with van der Waals surface area (Å²) in [5.74, 6) is 0.231. The second-order valence-electron chi connectivity index (χ2n) is 3.65. The number of rotatable bonds is 5. The van der Waals surface area contributed by atoms with E-state index in [2.05, 4.69) is 9.88 Å². The smallest absolute Gasteiger partial charge is 0.108 e. The van der Waals surface area contributed by atoms with Crippen LogP contribution in [0.2, 0.25) is 0 Å². The van der Waals surface area contributed by atoms with Crippen molar-refractivity contribution < 1.29 is 0 Å². The van der Waals surface area contributed by atoms with Crippen LogP contribution in [0.4, 0.5) is 0 Å². The summed E-state index contributed by atoms with van der Waals surface area (Å²) in [6, 6.07) is 3.98. The Balaban J connectivity index is 2.62. The van der Waals surface area contributed by atoms with E-state index in [1.807, 2.05) is 26.1 Å². The maximum atomic E-state index is 7.47. The van der Waals surface area contributed by atoms with Crippen molar-refractivity contribution in [1.82, 2.24) is 9.88 Å². The second-order valence-corrected chi connectivity index (χ2v) is 3.65. The van der Waals surface area contributed by atoms with Gasteiger partial charge in [0, 0.05) is 18.9 Å². The maximum absolute atomic E-state index is 7.47. The van der Waals surface area contributed by atoms with Crippen molar-refractivity contribution in [2.75, 3.05) is 7.05 Å². The van der Waals surface area contributed by atoms with E-state index in [0.29, 0.717) is 0 Å². The van der Waals surface area contributed by atoms with Crippen molar-refractivity contribution in [3.05, 3.63) is 30.1 Å². The van der Waals surface area contributed by atoms with Gasteiger partial charge in [-0.05, 0) is 31.2 Å². The predicted molar refractivity (Wildman–Crippen MR) is 61.7 cm³/mol. The van der Waals surface area contributed by atoms with Gasteiger partial charge in [-0.2, -0.15) is 0 Å². The number of nitrogens with zero attached hydrogens (tertiary/aromatic N) is 2. The molecule has 82 valence electrons. The van der Waals surface area contributed by atoms with Crippen molar-refractivity contribution in [3.63, 3.8) is 0 Å². The third-order valence-corrected chi connectivity index (χ3v) is 2.46. The van der Waals surface area contributed by atoms with E-state index >= 15 is 0 Å². The van der Waals surface area contributed by atoms with Gasteiger partial charge < -0.3 is 5.73 Å². The largest absolute Gasteiger partial charge is 0.386 e. The number of nitrogens with two attached hydrogens (primary N) is 1. The van der Waals surface area contributed by atoms with E-state index in [1.54, 1.807) is 12.4 Å². The first-order chi connectivity index (χ1) is 7.15. The zero-order valence-electron chi connectivity index (χ0n) is 9.27. The van der Waals surface area contributed by atoms with Crippen LogP contribution in [0.15, 0.2) is 24.5 Å². The van der Waals surface area contributed by atoms with Crippen LogP contribution in [-0.2, 0) is 6.54 Å². The molecule has 0 amide bonds. The molecule has 3 N–H and O–H groups in total. The molecule has 4 nitrogen and oxygen atoms in total. The van der Waals surface area contributed by atoms with Gasteiger partial charge in [0.2, 0.25) is 0 Å². The predicted octanol–water partition coefficient (Wildman–Crippen LogP) is 1.23.